The van der Waals surface area contributed by atoms with Gasteiger partial charge in [0.2, 0.25) is 10.0 Å². The van der Waals surface area contributed by atoms with Crippen LogP contribution in [0.2, 0.25) is 0 Å². The number of fused-ring (bicyclic) bond motifs is 1. The lowest BCUT2D eigenvalue weighted by Crippen LogP contribution is -2.37. The molecular formula is C13H22N4O3S. The van der Waals surface area contributed by atoms with Crippen LogP contribution in [0.5, 0.6) is 0 Å². The van der Waals surface area contributed by atoms with Crippen molar-refractivity contribution in [2.45, 2.75) is 51.2 Å². The lowest BCUT2D eigenvalue weighted by atomic mass is 10.1. The van der Waals surface area contributed by atoms with Crippen LogP contribution in [0.1, 0.15) is 31.5 Å². The van der Waals surface area contributed by atoms with Gasteiger partial charge in [-0.1, -0.05) is 0 Å². The number of hydrogen-bond donors (Lipinski definition) is 0. The highest BCUT2D eigenvalue weighted by molar-refractivity contribution is 7.88. The largest absolute Gasteiger partial charge is 0.345 e. The van der Waals surface area contributed by atoms with E-state index in [0.29, 0.717) is 31.7 Å². The Kier molecular flexibility index (Phi) is 3.69. The third kappa shape index (κ3) is 3.06. The van der Waals surface area contributed by atoms with Crippen LogP contribution in [0.15, 0.2) is 4.79 Å². The van der Waals surface area contributed by atoms with Crippen molar-refractivity contribution < 1.29 is 8.42 Å². The number of nitrogens with zero attached hydrogens (tertiary/aromatic N) is 4. The molecule has 21 heavy (non-hydrogen) atoms. The normalized spacial score (nSPS) is 23.1. The van der Waals surface area contributed by atoms with E-state index in [-0.39, 0.29) is 11.7 Å². The van der Waals surface area contributed by atoms with Gasteiger partial charge in [0.25, 0.3) is 0 Å². The van der Waals surface area contributed by atoms with Gasteiger partial charge in [0, 0.05) is 32.6 Å². The van der Waals surface area contributed by atoms with Gasteiger partial charge in [-0.05, 0) is 31.6 Å². The fourth-order valence-electron chi connectivity index (χ4n) is 2.91. The average molecular weight is 314 g/mol. The summed E-state index contributed by atoms with van der Waals surface area (Å²) in [4.78, 5) is 12.3. The van der Waals surface area contributed by atoms with Gasteiger partial charge in [0.1, 0.15) is 5.82 Å². The van der Waals surface area contributed by atoms with Crippen LogP contribution >= 0.6 is 0 Å². The number of hydrogen-bond acceptors (Lipinski definition) is 4. The predicted octanol–water partition coefficient (Wildman–Crippen LogP) is 0.0511. The Bertz CT molecular complexity index is 687. The number of sulfonamides is 1. The summed E-state index contributed by atoms with van der Waals surface area (Å²) >= 11 is 0. The van der Waals surface area contributed by atoms with Gasteiger partial charge < -0.3 is 0 Å². The topological polar surface area (TPSA) is 77.2 Å². The van der Waals surface area contributed by atoms with E-state index in [2.05, 4.69) is 5.10 Å². The maximum absolute atomic E-state index is 12.3. The molecule has 8 heteroatoms. The maximum atomic E-state index is 12.3. The molecule has 1 aromatic heterocycles. The summed E-state index contributed by atoms with van der Waals surface area (Å²) < 4.78 is 28.0. The van der Waals surface area contributed by atoms with Crippen molar-refractivity contribution in [3.8, 4) is 0 Å². The number of aryl methyl sites for hydroxylation is 1. The van der Waals surface area contributed by atoms with Gasteiger partial charge in [0.05, 0.1) is 6.26 Å². The van der Waals surface area contributed by atoms with Gasteiger partial charge in [-0.15, -0.1) is 0 Å². The van der Waals surface area contributed by atoms with Crippen molar-refractivity contribution in [1.29, 1.82) is 0 Å². The molecule has 0 radical (unpaired) electrons. The standard InChI is InChI=1S/C13H22N4O3S/c1-15(21(2,19)20)11-5-6-12-14-17(9-10-3-4-10)13(18)16(12)8-7-11/h10-11H,3-9H2,1-2H3. The fourth-order valence-corrected chi connectivity index (χ4v) is 3.66. The molecule has 1 aliphatic heterocycles. The van der Waals surface area contributed by atoms with Gasteiger partial charge in [0.15, 0.2) is 0 Å². The Morgan fingerprint density at radius 1 is 1.29 bits per heavy atom. The molecule has 0 amide bonds. The minimum atomic E-state index is -3.19. The molecule has 1 unspecified atom stereocenters. The summed E-state index contributed by atoms with van der Waals surface area (Å²) in [5.41, 5.74) is -0.0421. The zero-order valence-electron chi connectivity index (χ0n) is 12.5. The molecule has 118 valence electrons. The maximum Gasteiger partial charge on any atom is 0.345 e. The van der Waals surface area contributed by atoms with Crippen molar-refractivity contribution in [2.24, 2.45) is 5.92 Å². The van der Waals surface area contributed by atoms with Crippen molar-refractivity contribution in [3.05, 3.63) is 16.3 Å². The molecule has 0 saturated heterocycles. The Hall–Kier alpha value is -1.15. The highest BCUT2D eigenvalue weighted by atomic mass is 32.2. The summed E-state index contributed by atoms with van der Waals surface area (Å²) in [7, 11) is -1.58. The number of rotatable bonds is 4. The lowest BCUT2D eigenvalue weighted by Gasteiger charge is -2.24. The zero-order chi connectivity index (χ0) is 15.2. The second-order valence-corrected chi connectivity index (χ2v) is 8.28. The molecule has 1 aliphatic carbocycles. The molecule has 7 nitrogen and oxygen atoms in total. The molecule has 3 rings (SSSR count). The summed E-state index contributed by atoms with van der Waals surface area (Å²) in [5, 5.41) is 4.45. The van der Waals surface area contributed by atoms with Gasteiger partial charge in [-0.25, -0.2) is 22.2 Å². The first-order chi connectivity index (χ1) is 9.86. The van der Waals surface area contributed by atoms with Crippen molar-refractivity contribution in [3.63, 3.8) is 0 Å². The Balaban J connectivity index is 1.76. The van der Waals surface area contributed by atoms with Gasteiger partial charge in [-0.3, -0.25) is 4.57 Å². The predicted molar refractivity (Wildman–Crippen MR) is 78.5 cm³/mol. The van der Waals surface area contributed by atoms with Gasteiger partial charge in [-0.2, -0.15) is 5.10 Å². The fraction of sp³-hybridized carbons (Fsp3) is 0.846. The first kappa shape index (κ1) is 14.8. The van der Waals surface area contributed by atoms with E-state index in [9.17, 15) is 13.2 Å². The molecule has 1 saturated carbocycles. The molecule has 0 N–H and O–H groups in total. The first-order valence-electron chi connectivity index (χ1n) is 7.46. The van der Waals surface area contributed by atoms with Crippen LogP contribution < -0.4 is 5.69 Å². The molecule has 0 spiro atoms. The van der Waals surface area contributed by atoms with Gasteiger partial charge >= 0.3 is 5.69 Å². The Labute approximate surface area is 124 Å². The lowest BCUT2D eigenvalue weighted by molar-refractivity contribution is 0.330. The molecular weight excluding hydrogens is 292 g/mol. The van der Waals surface area contributed by atoms with Crippen LogP contribution in [0.3, 0.4) is 0 Å². The highest BCUT2D eigenvalue weighted by Crippen LogP contribution is 2.30. The molecule has 1 aromatic rings. The average Bonchev–Trinajstić information content (AvgIpc) is 3.18. The third-order valence-electron chi connectivity index (χ3n) is 4.55. The smallest absolute Gasteiger partial charge is 0.279 e. The Morgan fingerprint density at radius 2 is 2.00 bits per heavy atom. The second-order valence-electron chi connectivity index (χ2n) is 6.24. The number of aromatic nitrogens is 3. The van der Waals surface area contributed by atoms with Crippen molar-refractivity contribution in [2.75, 3.05) is 13.3 Å². The quantitative estimate of drug-likeness (QED) is 0.787. The van der Waals surface area contributed by atoms with Crippen LogP contribution in [0, 0.1) is 5.92 Å². The first-order valence-corrected chi connectivity index (χ1v) is 9.30. The molecule has 1 atom stereocenters. The van der Waals surface area contributed by atoms with Crippen LogP contribution in [-0.4, -0.2) is 46.4 Å². The zero-order valence-corrected chi connectivity index (χ0v) is 13.3. The summed E-state index contributed by atoms with van der Waals surface area (Å²) in [5.74, 6) is 1.41. The molecule has 1 fully saturated rings. The minimum Gasteiger partial charge on any atom is -0.279 e. The van der Waals surface area contributed by atoms with Crippen LogP contribution in [-0.2, 0) is 29.5 Å². The molecule has 2 aliphatic rings. The summed E-state index contributed by atoms with van der Waals surface area (Å²) in [6.45, 7) is 1.27. The Morgan fingerprint density at radius 3 is 2.62 bits per heavy atom. The monoisotopic (exact) mass is 314 g/mol. The van der Waals surface area contributed by atoms with E-state index in [1.807, 2.05) is 0 Å². The van der Waals surface area contributed by atoms with Crippen LogP contribution in [0.25, 0.3) is 0 Å². The van der Waals surface area contributed by atoms with E-state index in [0.717, 1.165) is 12.4 Å². The third-order valence-corrected chi connectivity index (χ3v) is 5.90. The van der Waals surface area contributed by atoms with E-state index in [4.69, 9.17) is 0 Å². The van der Waals surface area contributed by atoms with Crippen LogP contribution in [0.4, 0.5) is 0 Å². The van der Waals surface area contributed by atoms with E-state index in [1.165, 1.54) is 23.4 Å². The van der Waals surface area contributed by atoms with E-state index < -0.39 is 10.0 Å². The van der Waals surface area contributed by atoms with E-state index in [1.54, 1.807) is 16.3 Å². The minimum absolute atomic E-state index is 0.0421. The van der Waals surface area contributed by atoms with Crippen molar-refractivity contribution in [1.82, 2.24) is 18.7 Å². The second kappa shape index (κ2) is 5.24. The molecule has 2 heterocycles. The molecule has 0 aromatic carbocycles. The van der Waals surface area contributed by atoms with Crippen molar-refractivity contribution >= 4 is 10.0 Å². The summed E-state index contributed by atoms with van der Waals surface area (Å²) in [6.07, 6.45) is 5.62. The highest BCUT2D eigenvalue weighted by Gasteiger charge is 2.29. The molecule has 0 bridgehead atoms. The SMILES string of the molecule is CN(C1CCc2nn(CC3CC3)c(=O)n2CC1)S(C)(=O)=O. The van der Waals surface area contributed by atoms with E-state index >= 15 is 0 Å². The summed E-state index contributed by atoms with van der Waals surface area (Å²) in [6, 6.07) is -0.0574.